The molecule has 9 heteroatoms. The summed E-state index contributed by atoms with van der Waals surface area (Å²) in [7, 11) is 1.80. The molecule has 2 heterocycles. The standard InChI is InChI=1S/C21H24N2O5S2/c1-14-16(23-21(28-14)19-5-4-10-29-19)12-30(25)13-20(24)22-9-8-15-6-7-17(26-2)18(11-15)27-3/h4-7,10-11H,8-9,12-13H2,1-3H3,(H,22,24)/t30-/m0/s1. The SMILES string of the molecule is COc1ccc(CCNC(=O)C[S@@](=O)Cc2nc(-c3cccs3)oc2C)cc1OC. The van der Waals surface area contributed by atoms with Crippen LogP contribution in [0.5, 0.6) is 11.5 Å². The number of ether oxygens (including phenoxy) is 2. The Morgan fingerprint density at radius 2 is 2.03 bits per heavy atom. The first kappa shape index (κ1) is 22.0. The van der Waals surface area contributed by atoms with Crippen LogP contribution >= 0.6 is 11.3 Å². The third kappa shape index (κ3) is 5.70. The van der Waals surface area contributed by atoms with Crippen LogP contribution in [0, 0.1) is 6.92 Å². The maximum atomic E-state index is 12.4. The van der Waals surface area contributed by atoms with Gasteiger partial charge in [0.05, 0.1) is 30.5 Å². The molecule has 3 aromatic rings. The van der Waals surface area contributed by atoms with Crippen LogP contribution in [0.4, 0.5) is 0 Å². The molecule has 1 N–H and O–H groups in total. The number of aryl methyl sites for hydroxylation is 1. The molecule has 0 saturated carbocycles. The van der Waals surface area contributed by atoms with E-state index in [0.29, 0.717) is 41.8 Å². The Balaban J connectivity index is 1.47. The minimum atomic E-state index is -1.37. The number of rotatable bonds is 10. The largest absolute Gasteiger partial charge is 0.493 e. The summed E-state index contributed by atoms with van der Waals surface area (Å²) in [6.07, 6.45) is 0.630. The zero-order valence-corrected chi connectivity index (χ0v) is 18.7. The number of oxazole rings is 1. The highest BCUT2D eigenvalue weighted by Gasteiger charge is 2.16. The quantitative estimate of drug-likeness (QED) is 0.512. The predicted octanol–water partition coefficient (Wildman–Crippen LogP) is 3.34. The van der Waals surface area contributed by atoms with Crippen LogP contribution in [-0.2, 0) is 27.8 Å². The molecule has 0 unspecified atom stereocenters. The summed E-state index contributed by atoms with van der Waals surface area (Å²) < 4.78 is 28.6. The number of amides is 1. The van der Waals surface area contributed by atoms with Crippen molar-refractivity contribution in [3.63, 3.8) is 0 Å². The van der Waals surface area contributed by atoms with Crippen LogP contribution < -0.4 is 14.8 Å². The molecule has 1 atom stereocenters. The molecule has 2 aromatic heterocycles. The van der Waals surface area contributed by atoms with Crippen molar-refractivity contribution in [3.8, 4) is 22.3 Å². The van der Waals surface area contributed by atoms with Crippen molar-refractivity contribution < 1.29 is 22.9 Å². The molecular formula is C21H24N2O5S2. The normalized spacial score (nSPS) is 11.8. The van der Waals surface area contributed by atoms with Crippen molar-refractivity contribution in [1.82, 2.24) is 10.3 Å². The van der Waals surface area contributed by atoms with Crippen molar-refractivity contribution >= 4 is 28.0 Å². The molecule has 0 aliphatic rings. The van der Waals surface area contributed by atoms with E-state index in [1.807, 2.05) is 35.7 Å². The van der Waals surface area contributed by atoms with Crippen molar-refractivity contribution in [1.29, 1.82) is 0 Å². The lowest BCUT2D eigenvalue weighted by atomic mass is 10.1. The third-order valence-electron chi connectivity index (χ3n) is 4.40. The van der Waals surface area contributed by atoms with Crippen molar-refractivity contribution in [2.24, 2.45) is 0 Å². The molecule has 0 spiro atoms. The molecule has 0 fully saturated rings. The third-order valence-corrected chi connectivity index (χ3v) is 6.44. The van der Waals surface area contributed by atoms with E-state index >= 15 is 0 Å². The van der Waals surface area contributed by atoms with E-state index in [9.17, 15) is 9.00 Å². The van der Waals surface area contributed by atoms with E-state index in [4.69, 9.17) is 13.9 Å². The van der Waals surface area contributed by atoms with Crippen LogP contribution in [0.25, 0.3) is 10.8 Å². The fourth-order valence-corrected chi connectivity index (χ4v) is 4.57. The van der Waals surface area contributed by atoms with Gasteiger partial charge in [0.1, 0.15) is 11.5 Å². The summed E-state index contributed by atoms with van der Waals surface area (Å²) in [5.41, 5.74) is 1.63. The summed E-state index contributed by atoms with van der Waals surface area (Å²) in [5.74, 6) is 2.30. The maximum Gasteiger partial charge on any atom is 0.236 e. The number of hydrogen-bond donors (Lipinski definition) is 1. The summed E-state index contributed by atoms with van der Waals surface area (Å²) in [4.78, 5) is 17.5. The molecule has 0 bridgehead atoms. The lowest BCUT2D eigenvalue weighted by Gasteiger charge is -2.10. The van der Waals surface area contributed by atoms with Crippen molar-refractivity contribution in [2.75, 3.05) is 26.5 Å². The van der Waals surface area contributed by atoms with Gasteiger partial charge in [-0.1, -0.05) is 12.1 Å². The number of aromatic nitrogens is 1. The Morgan fingerprint density at radius 1 is 1.23 bits per heavy atom. The maximum absolute atomic E-state index is 12.4. The first-order chi connectivity index (χ1) is 14.5. The number of methoxy groups -OCH3 is 2. The van der Waals surface area contributed by atoms with E-state index in [-0.39, 0.29) is 17.4 Å². The van der Waals surface area contributed by atoms with Crippen LogP contribution in [0.15, 0.2) is 40.1 Å². The minimum absolute atomic E-state index is 0.0768. The van der Waals surface area contributed by atoms with Gasteiger partial charge in [-0.05, 0) is 42.5 Å². The Kier molecular flexibility index (Phi) is 7.64. The van der Waals surface area contributed by atoms with Gasteiger partial charge in [-0.3, -0.25) is 9.00 Å². The average molecular weight is 449 g/mol. The number of thiophene rings is 1. The Labute approximate surface area is 181 Å². The molecule has 7 nitrogen and oxygen atoms in total. The van der Waals surface area contributed by atoms with E-state index in [0.717, 1.165) is 10.4 Å². The molecule has 0 radical (unpaired) electrons. The molecular weight excluding hydrogens is 424 g/mol. The van der Waals surface area contributed by atoms with Gasteiger partial charge in [-0.15, -0.1) is 11.3 Å². The molecule has 160 valence electrons. The average Bonchev–Trinajstić information content (AvgIpc) is 3.38. The van der Waals surface area contributed by atoms with Gasteiger partial charge in [0, 0.05) is 17.3 Å². The van der Waals surface area contributed by atoms with Gasteiger partial charge in [-0.2, -0.15) is 0 Å². The number of carbonyl (C=O) groups excluding carboxylic acids is 1. The smallest absolute Gasteiger partial charge is 0.236 e. The number of hydrogen-bond acceptors (Lipinski definition) is 7. The fraction of sp³-hybridized carbons (Fsp3) is 0.333. The molecule has 1 amide bonds. The second-order valence-electron chi connectivity index (χ2n) is 6.52. The molecule has 0 aliphatic carbocycles. The summed E-state index contributed by atoms with van der Waals surface area (Å²) in [5, 5.41) is 4.75. The Morgan fingerprint density at radius 3 is 2.73 bits per heavy atom. The second-order valence-corrected chi connectivity index (χ2v) is 8.92. The summed E-state index contributed by atoms with van der Waals surface area (Å²) >= 11 is 1.53. The first-order valence-corrected chi connectivity index (χ1v) is 11.7. The summed E-state index contributed by atoms with van der Waals surface area (Å²) in [6, 6.07) is 9.47. The number of benzene rings is 1. The van der Waals surface area contributed by atoms with E-state index in [1.54, 1.807) is 21.1 Å². The van der Waals surface area contributed by atoms with E-state index < -0.39 is 10.8 Å². The fourth-order valence-electron chi connectivity index (χ4n) is 2.85. The van der Waals surface area contributed by atoms with Crippen LogP contribution in [0.2, 0.25) is 0 Å². The van der Waals surface area contributed by atoms with E-state index in [2.05, 4.69) is 10.3 Å². The number of nitrogens with zero attached hydrogens (tertiary/aromatic N) is 1. The van der Waals surface area contributed by atoms with Crippen molar-refractivity contribution in [3.05, 3.63) is 52.7 Å². The zero-order valence-electron chi connectivity index (χ0n) is 17.1. The Hall–Kier alpha value is -2.65. The highest BCUT2D eigenvalue weighted by molar-refractivity contribution is 7.84. The first-order valence-electron chi connectivity index (χ1n) is 9.33. The topological polar surface area (TPSA) is 90.7 Å². The van der Waals surface area contributed by atoms with Crippen LogP contribution in [0.1, 0.15) is 17.0 Å². The highest BCUT2D eigenvalue weighted by Crippen LogP contribution is 2.28. The lowest BCUT2D eigenvalue weighted by Crippen LogP contribution is -2.30. The lowest BCUT2D eigenvalue weighted by molar-refractivity contribution is -0.118. The molecule has 0 aliphatic heterocycles. The van der Waals surface area contributed by atoms with Gasteiger partial charge in [0.2, 0.25) is 11.8 Å². The zero-order chi connectivity index (χ0) is 21.5. The molecule has 3 rings (SSSR count). The van der Waals surface area contributed by atoms with Gasteiger partial charge >= 0.3 is 0 Å². The van der Waals surface area contributed by atoms with Gasteiger partial charge in [-0.25, -0.2) is 4.98 Å². The van der Waals surface area contributed by atoms with Gasteiger partial charge in [0.15, 0.2) is 11.5 Å². The van der Waals surface area contributed by atoms with Gasteiger partial charge < -0.3 is 19.2 Å². The molecule has 1 aromatic carbocycles. The van der Waals surface area contributed by atoms with Crippen LogP contribution in [-0.4, -0.2) is 41.6 Å². The number of nitrogens with one attached hydrogen (secondary N) is 1. The minimum Gasteiger partial charge on any atom is -0.493 e. The molecule has 0 saturated heterocycles. The Bertz CT molecular complexity index is 1010. The van der Waals surface area contributed by atoms with Crippen molar-refractivity contribution in [2.45, 2.75) is 19.1 Å². The number of carbonyl (C=O) groups is 1. The summed E-state index contributed by atoms with van der Waals surface area (Å²) in [6.45, 7) is 2.23. The van der Waals surface area contributed by atoms with Gasteiger partial charge in [0.25, 0.3) is 0 Å². The highest BCUT2D eigenvalue weighted by atomic mass is 32.2. The van der Waals surface area contributed by atoms with E-state index in [1.165, 1.54) is 11.3 Å². The second kappa shape index (κ2) is 10.4. The monoisotopic (exact) mass is 448 g/mol. The molecule has 30 heavy (non-hydrogen) atoms. The van der Waals surface area contributed by atoms with Crippen LogP contribution in [0.3, 0.4) is 0 Å². The predicted molar refractivity (Wildman–Crippen MR) is 118 cm³/mol.